The first kappa shape index (κ1) is 22.6. The van der Waals surface area contributed by atoms with Crippen molar-refractivity contribution in [2.75, 3.05) is 31.2 Å². The van der Waals surface area contributed by atoms with Gasteiger partial charge >= 0.3 is 6.01 Å². The summed E-state index contributed by atoms with van der Waals surface area (Å²) >= 11 is 3.67. The van der Waals surface area contributed by atoms with E-state index < -0.39 is 0 Å². The highest BCUT2D eigenvalue weighted by Crippen LogP contribution is 2.38. The lowest BCUT2D eigenvalue weighted by atomic mass is 10.2. The third kappa shape index (κ3) is 4.29. The topological polar surface area (TPSA) is 124 Å². The molecule has 0 amide bonds. The lowest BCUT2D eigenvalue weighted by Crippen LogP contribution is -2.36. The highest BCUT2D eigenvalue weighted by Gasteiger charge is 2.20. The number of hydrogen-bond donors (Lipinski definition) is 1. The maximum Gasteiger partial charge on any atom is 0.327 e. The Labute approximate surface area is 214 Å². The molecule has 1 aliphatic heterocycles. The summed E-state index contributed by atoms with van der Waals surface area (Å²) in [4.78, 5) is 31.5. The predicted octanol–water partition coefficient (Wildman–Crippen LogP) is 4.44. The number of fused-ring (bicyclic) bond motifs is 2. The maximum atomic E-state index is 6.30. The quantitative estimate of drug-likeness (QED) is 0.325. The van der Waals surface area contributed by atoms with Crippen LogP contribution in [0.2, 0.25) is 0 Å². The summed E-state index contributed by atoms with van der Waals surface area (Å²) in [5.74, 6) is 2.23. The van der Waals surface area contributed by atoms with E-state index in [2.05, 4.69) is 62.6 Å². The van der Waals surface area contributed by atoms with Gasteiger partial charge in [0.05, 0.1) is 41.0 Å². The summed E-state index contributed by atoms with van der Waals surface area (Å²) in [6, 6.07) is 5.84. The Bertz CT molecular complexity index is 1540. The second kappa shape index (κ2) is 9.63. The average molecular weight is 549 g/mol. The zero-order chi connectivity index (χ0) is 24.5. The molecular formula is C24H21BrN8O3. The van der Waals surface area contributed by atoms with Crippen LogP contribution >= 0.6 is 15.9 Å². The van der Waals surface area contributed by atoms with Crippen molar-refractivity contribution in [2.24, 2.45) is 0 Å². The SMILES string of the molecule is CCc1[nH]c2nc(Oc3cncnc3)nc(Oc3ccc4c(N5CCOCC5)ncnc4c3)c2c1Br. The van der Waals surface area contributed by atoms with Crippen molar-refractivity contribution in [1.82, 2.24) is 34.9 Å². The number of aromatic amines is 1. The van der Waals surface area contributed by atoms with Crippen LogP contribution in [0.5, 0.6) is 23.4 Å². The molecule has 5 heterocycles. The van der Waals surface area contributed by atoms with Crippen molar-refractivity contribution in [1.29, 1.82) is 0 Å². The van der Waals surface area contributed by atoms with Crippen LogP contribution in [0.1, 0.15) is 12.6 Å². The number of morpholine rings is 1. The Balaban J connectivity index is 1.39. The third-order valence-corrected chi connectivity index (χ3v) is 6.70. The van der Waals surface area contributed by atoms with Gasteiger partial charge in [0.15, 0.2) is 5.75 Å². The molecule has 1 aliphatic rings. The third-order valence-electron chi connectivity index (χ3n) is 5.82. The van der Waals surface area contributed by atoms with Crippen LogP contribution in [0.15, 0.2) is 47.7 Å². The van der Waals surface area contributed by atoms with Gasteiger partial charge in [-0.25, -0.2) is 19.9 Å². The number of anilines is 1. The van der Waals surface area contributed by atoms with Gasteiger partial charge in [-0.1, -0.05) is 6.92 Å². The van der Waals surface area contributed by atoms with E-state index in [0.717, 1.165) is 51.8 Å². The summed E-state index contributed by atoms with van der Waals surface area (Å²) in [5, 5.41) is 1.67. The maximum absolute atomic E-state index is 6.30. The normalized spacial score (nSPS) is 13.9. The molecule has 0 unspecified atom stereocenters. The molecule has 11 nitrogen and oxygen atoms in total. The number of hydrogen-bond acceptors (Lipinski definition) is 10. The number of halogens is 1. The van der Waals surface area contributed by atoms with Gasteiger partial charge in [0.25, 0.3) is 0 Å². The van der Waals surface area contributed by atoms with Crippen LogP contribution in [0.4, 0.5) is 5.82 Å². The van der Waals surface area contributed by atoms with E-state index >= 15 is 0 Å². The Morgan fingerprint density at radius 2 is 1.86 bits per heavy atom. The molecule has 0 saturated carbocycles. The minimum Gasteiger partial charge on any atom is -0.438 e. The molecule has 0 spiro atoms. The first-order valence-corrected chi connectivity index (χ1v) is 12.2. The first-order valence-electron chi connectivity index (χ1n) is 11.5. The van der Waals surface area contributed by atoms with Gasteiger partial charge in [-0.2, -0.15) is 9.97 Å². The summed E-state index contributed by atoms with van der Waals surface area (Å²) in [6.07, 6.45) is 6.85. The molecule has 1 fully saturated rings. The second-order valence-corrected chi connectivity index (χ2v) is 8.85. The van der Waals surface area contributed by atoms with Crippen molar-refractivity contribution in [3.8, 4) is 23.4 Å². The lowest BCUT2D eigenvalue weighted by molar-refractivity contribution is 0.122. The second-order valence-electron chi connectivity index (χ2n) is 8.06. The highest BCUT2D eigenvalue weighted by molar-refractivity contribution is 9.10. The summed E-state index contributed by atoms with van der Waals surface area (Å²) in [5.41, 5.74) is 2.34. The molecule has 0 radical (unpaired) electrons. The number of benzene rings is 1. The van der Waals surface area contributed by atoms with Crippen molar-refractivity contribution in [3.63, 3.8) is 0 Å². The van der Waals surface area contributed by atoms with Gasteiger partial charge in [0.1, 0.15) is 29.9 Å². The van der Waals surface area contributed by atoms with E-state index in [1.807, 2.05) is 18.2 Å². The van der Waals surface area contributed by atoms with Gasteiger partial charge in [0, 0.05) is 30.2 Å². The summed E-state index contributed by atoms with van der Waals surface area (Å²) in [6.45, 7) is 5.00. The molecule has 12 heteroatoms. The van der Waals surface area contributed by atoms with Crippen LogP contribution in [0, 0.1) is 0 Å². The number of rotatable bonds is 6. The Morgan fingerprint density at radius 1 is 1.03 bits per heavy atom. The van der Waals surface area contributed by atoms with Crippen LogP contribution in [0.25, 0.3) is 21.9 Å². The smallest absolute Gasteiger partial charge is 0.327 e. The van der Waals surface area contributed by atoms with Crippen LogP contribution in [-0.2, 0) is 11.2 Å². The molecular weight excluding hydrogens is 528 g/mol. The van der Waals surface area contributed by atoms with Gasteiger partial charge < -0.3 is 24.1 Å². The van der Waals surface area contributed by atoms with E-state index in [1.54, 1.807) is 6.33 Å². The zero-order valence-electron chi connectivity index (χ0n) is 19.3. The summed E-state index contributed by atoms with van der Waals surface area (Å²) in [7, 11) is 0. The molecule has 0 atom stereocenters. The average Bonchev–Trinajstić information content (AvgIpc) is 3.24. The molecule has 1 aromatic carbocycles. The van der Waals surface area contributed by atoms with Crippen LogP contribution in [-0.4, -0.2) is 61.2 Å². The molecule has 36 heavy (non-hydrogen) atoms. The molecule has 5 aromatic rings. The minimum atomic E-state index is 0.112. The van der Waals surface area contributed by atoms with Gasteiger partial charge in [-0.05, 0) is 34.5 Å². The van der Waals surface area contributed by atoms with Gasteiger partial charge in [-0.15, -0.1) is 0 Å². The Kier molecular flexibility index (Phi) is 6.03. The fraction of sp³-hybridized carbons (Fsp3) is 0.250. The number of H-pyrrole nitrogens is 1. The molecule has 1 saturated heterocycles. The highest BCUT2D eigenvalue weighted by atomic mass is 79.9. The van der Waals surface area contributed by atoms with E-state index in [1.165, 1.54) is 18.7 Å². The molecule has 1 N–H and O–H groups in total. The number of aryl methyl sites for hydroxylation is 1. The van der Waals surface area contributed by atoms with Crippen molar-refractivity contribution in [2.45, 2.75) is 13.3 Å². The van der Waals surface area contributed by atoms with Crippen LogP contribution < -0.4 is 14.4 Å². The minimum absolute atomic E-state index is 0.112. The number of aromatic nitrogens is 7. The molecule has 6 rings (SSSR count). The van der Waals surface area contributed by atoms with Crippen LogP contribution in [0.3, 0.4) is 0 Å². The fourth-order valence-electron chi connectivity index (χ4n) is 4.09. The Morgan fingerprint density at radius 3 is 2.67 bits per heavy atom. The predicted molar refractivity (Wildman–Crippen MR) is 136 cm³/mol. The molecule has 0 aliphatic carbocycles. The zero-order valence-corrected chi connectivity index (χ0v) is 20.9. The van der Waals surface area contributed by atoms with Gasteiger partial charge in [-0.3, -0.25) is 0 Å². The number of ether oxygens (including phenoxy) is 3. The molecule has 0 bridgehead atoms. The lowest BCUT2D eigenvalue weighted by Gasteiger charge is -2.28. The monoisotopic (exact) mass is 548 g/mol. The van der Waals surface area contributed by atoms with E-state index in [-0.39, 0.29) is 6.01 Å². The van der Waals surface area contributed by atoms with E-state index in [4.69, 9.17) is 14.2 Å². The van der Waals surface area contributed by atoms with E-state index in [9.17, 15) is 0 Å². The van der Waals surface area contributed by atoms with Gasteiger partial charge in [0.2, 0.25) is 5.88 Å². The Hall–Kier alpha value is -3.90. The largest absolute Gasteiger partial charge is 0.438 e. The standard InChI is InChI=1S/C24H21BrN8O3/c1-2-17-20(25)19-21(30-17)31-24(36-15-10-26-12-27-11-15)32-23(19)35-14-3-4-16-18(9-14)28-13-29-22(16)33-5-7-34-8-6-33/h3-4,9-13H,2,5-8H2,1H3,(H,30,31,32). The van der Waals surface area contributed by atoms with Crippen molar-refractivity contribution in [3.05, 3.63) is 53.4 Å². The molecule has 182 valence electrons. The number of nitrogens with zero attached hydrogens (tertiary/aromatic N) is 7. The van der Waals surface area contributed by atoms with E-state index in [0.29, 0.717) is 36.2 Å². The summed E-state index contributed by atoms with van der Waals surface area (Å²) < 4.78 is 18.4. The molecule has 4 aromatic heterocycles. The fourth-order valence-corrected chi connectivity index (χ4v) is 4.83. The number of nitrogens with one attached hydrogen (secondary N) is 1. The van der Waals surface area contributed by atoms with Crippen molar-refractivity contribution >= 4 is 43.7 Å². The first-order chi connectivity index (χ1) is 17.7. The van der Waals surface area contributed by atoms with Crippen molar-refractivity contribution < 1.29 is 14.2 Å².